The standard InChI is InChI=1S/C8H15NO2.ClH/c9-3-8-7-1-2-10-4-6(7)5-11-8;/h6-8H,1-5,9H2;1H/t6-,7-,8-;/m0./s1. The smallest absolute Gasteiger partial charge is 0.0730 e. The SMILES string of the molecule is Cl.NC[C@@H]1OC[C@@H]2COCC[C@@H]21. The number of hydrogen-bond donors (Lipinski definition) is 1. The highest BCUT2D eigenvalue weighted by atomic mass is 35.5. The van der Waals surface area contributed by atoms with Crippen LogP contribution in [0.1, 0.15) is 6.42 Å². The minimum Gasteiger partial charge on any atom is -0.381 e. The number of ether oxygens (including phenoxy) is 2. The summed E-state index contributed by atoms with van der Waals surface area (Å²) in [6, 6.07) is 0. The molecule has 2 aliphatic rings. The van der Waals surface area contributed by atoms with E-state index in [0.29, 0.717) is 24.5 Å². The largest absolute Gasteiger partial charge is 0.381 e. The van der Waals surface area contributed by atoms with E-state index in [0.717, 1.165) is 26.2 Å². The van der Waals surface area contributed by atoms with Crippen LogP contribution in [-0.2, 0) is 9.47 Å². The van der Waals surface area contributed by atoms with Crippen molar-refractivity contribution in [1.82, 2.24) is 0 Å². The van der Waals surface area contributed by atoms with Crippen molar-refractivity contribution in [2.75, 3.05) is 26.4 Å². The Morgan fingerprint density at radius 2 is 2.17 bits per heavy atom. The molecule has 0 radical (unpaired) electrons. The number of hydrogen-bond acceptors (Lipinski definition) is 3. The fraction of sp³-hybridized carbons (Fsp3) is 1.00. The molecule has 3 nitrogen and oxygen atoms in total. The van der Waals surface area contributed by atoms with E-state index in [1.54, 1.807) is 0 Å². The molecule has 2 N–H and O–H groups in total. The van der Waals surface area contributed by atoms with Crippen molar-refractivity contribution >= 4 is 12.4 Å². The van der Waals surface area contributed by atoms with Crippen molar-refractivity contribution < 1.29 is 9.47 Å². The predicted octanol–water partition coefficient (Wildman–Crippen LogP) is 0.418. The summed E-state index contributed by atoms with van der Waals surface area (Å²) in [6.07, 6.45) is 1.44. The van der Waals surface area contributed by atoms with Crippen molar-refractivity contribution in [2.45, 2.75) is 12.5 Å². The van der Waals surface area contributed by atoms with Crippen LogP contribution < -0.4 is 5.73 Å². The lowest BCUT2D eigenvalue weighted by atomic mass is 9.87. The van der Waals surface area contributed by atoms with Crippen LogP contribution >= 0.6 is 12.4 Å². The van der Waals surface area contributed by atoms with Crippen LogP contribution in [0.15, 0.2) is 0 Å². The quantitative estimate of drug-likeness (QED) is 0.657. The zero-order chi connectivity index (χ0) is 7.68. The van der Waals surface area contributed by atoms with E-state index >= 15 is 0 Å². The van der Waals surface area contributed by atoms with Crippen LogP contribution in [-0.4, -0.2) is 32.5 Å². The van der Waals surface area contributed by atoms with Crippen LogP contribution in [0.25, 0.3) is 0 Å². The predicted molar refractivity (Wildman–Crippen MR) is 48.5 cm³/mol. The molecule has 0 aromatic heterocycles. The molecule has 72 valence electrons. The summed E-state index contributed by atoms with van der Waals surface area (Å²) in [5.41, 5.74) is 5.57. The Morgan fingerprint density at radius 3 is 2.92 bits per heavy atom. The van der Waals surface area contributed by atoms with Crippen molar-refractivity contribution in [2.24, 2.45) is 17.6 Å². The summed E-state index contributed by atoms with van der Waals surface area (Å²) in [5, 5.41) is 0. The van der Waals surface area contributed by atoms with Gasteiger partial charge in [-0.3, -0.25) is 0 Å². The van der Waals surface area contributed by atoms with Gasteiger partial charge in [-0.2, -0.15) is 0 Å². The summed E-state index contributed by atoms with van der Waals surface area (Å²) in [4.78, 5) is 0. The third-order valence-electron chi connectivity index (χ3n) is 2.77. The molecule has 4 heteroatoms. The molecule has 2 heterocycles. The maximum atomic E-state index is 5.57. The Bertz CT molecular complexity index is 139. The molecule has 0 amide bonds. The van der Waals surface area contributed by atoms with E-state index in [2.05, 4.69) is 0 Å². The molecule has 0 aromatic carbocycles. The molecule has 2 saturated heterocycles. The third-order valence-corrected chi connectivity index (χ3v) is 2.77. The molecule has 0 bridgehead atoms. The first-order chi connectivity index (χ1) is 5.42. The second kappa shape index (κ2) is 4.42. The Hall–Kier alpha value is 0.170. The molecule has 2 rings (SSSR count). The van der Waals surface area contributed by atoms with Gasteiger partial charge in [0.15, 0.2) is 0 Å². The lowest BCUT2D eigenvalue weighted by molar-refractivity contribution is 0.0297. The molecule has 12 heavy (non-hydrogen) atoms. The highest BCUT2D eigenvalue weighted by Crippen LogP contribution is 2.32. The summed E-state index contributed by atoms with van der Waals surface area (Å²) in [6.45, 7) is 3.29. The maximum absolute atomic E-state index is 5.57. The molecule has 3 atom stereocenters. The van der Waals surface area contributed by atoms with E-state index in [-0.39, 0.29) is 12.4 Å². The lowest BCUT2D eigenvalue weighted by Gasteiger charge is -2.26. The van der Waals surface area contributed by atoms with Gasteiger partial charge in [-0.25, -0.2) is 0 Å². The van der Waals surface area contributed by atoms with E-state index < -0.39 is 0 Å². The molecule has 2 fully saturated rings. The van der Waals surface area contributed by atoms with Gasteiger partial charge >= 0.3 is 0 Å². The fourth-order valence-electron chi connectivity index (χ4n) is 2.09. The second-order valence-electron chi connectivity index (χ2n) is 3.40. The third kappa shape index (κ3) is 1.74. The minimum atomic E-state index is 0. The number of halogens is 1. The van der Waals surface area contributed by atoms with Gasteiger partial charge in [0, 0.05) is 19.1 Å². The molecule has 0 unspecified atom stereocenters. The first kappa shape index (κ1) is 10.3. The van der Waals surface area contributed by atoms with Crippen LogP contribution in [0.5, 0.6) is 0 Å². The Kier molecular flexibility index (Phi) is 3.77. The Labute approximate surface area is 79.0 Å². The molecule has 0 aliphatic carbocycles. The van der Waals surface area contributed by atoms with Crippen molar-refractivity contribution in [3.05, 3.63) is 0 Å². The zero-order valence-corrected chi connectivity index (χ0v) is 7.89. The summed E-state index contributed by atoms with van der Waals surface area (Å²) < 4.78 is 10.9. The lowest BCUT2D eigenvalue weighted by Crippen LogP contribution is -2.33. The first-order valence-corrected chi connectivity index (χ1v) is 4.31. The van der Waals surface area contributed by atoms with Gasteiger partial charge in [-0.15, -0.1) is 12.4 Å². The highest BCUT2D eigenvalue weighted by molar-refractivity contribution is 5.85. The molecule has 0 aromatic rings. The average Bonchev–Trinajstić information content (AvgIpc) is 2.47. The molecule has 2 aliphatic heterocycles. The van der Waals surface area contributed by atoms with E-state index in [1.807, 2.05) is 0 Å². The summed E-state index contributed by atoms with van der Waals surface area (Å²) >= 11 is 0. The fourth-order valence-corrected chi connectivity index (χ4v) is 2.09. The van der Waals surface area contributed by atoms with Crippen LogP contribution in [0.3, 0.4) is 0 Å². The summed E-state index contributed by atoms with van der Waals surface area (Å²) in [5.74, 6) is 1.30. The summed E-state index contributed by atoms with van der Waals surface area (Å²) in [7, 11) is 0. The van der Waals surface area contributed by atoms with Crippen LogP contribution in [0.4, 0.5) is 0 Å². The minimum absolute atomic E-state index is 0. The van der Waals surface area contributed by atoms with Crippen LogP contribution in [0, 0.1) is 11.8 Å². The van der Waals surface area contributed by atoms with Crippen LogP contribution in [0.2, 0.25) is 0 Å². The average molecular weight is 194 g/mol. The molecule has 0 saturated carbocycles. The Balaban J connectivity index is 0.000000720. The number of fused-ring (bicyclic) bond motifs is 1. The Morgan fingerprint density at radius 1 is 1.33 bits per heavy atom. The van der Waals surface area contributed by atoms with E-state index in [9.17, 15) is 0 Å². The second-order valence-corrected chi connectivity index (χ2v) is 3.40. The van der Waals surface area contributed by atoms with E-state index in [4.69, 9.17) is 15.2 Å². The van der Waals surface area contributed by atoms with Gasteiger partial charge in [0.25, 0.3) is 0 Å². The van der Waals surface area contributed by atoms with Gasteiger partial charge in [0.1, 0.15) is 0 Å². The van der Waals surface area contributed by atoms with Gasteiger partial charge in [0.05, 0.1) is 19.3 Å². The first-order valence-electron chi connectivity index (χ1n) is 4.31. The highest BCUT2D eigenvalue weighted by Gasteiger charge is 2.38. The van der Waals surface area contributed by atoms with Gasteiger partial charge in [0.2, 0.25) is 0 Å². The number of rotatable bonds is 1. The number of nitrogens with two attached hydrogens (primary N) is 1. The monoisotopic (exact) mass is 193 g/mol. The van der Waals surface area contributed by atoms with Gasteiger partial charge in [-0.1, -0.05) is 0 Å². The normalized spacial score (nSPS) is 40.2. The molecular formula is C8H16ClNO2. The van der Waals surface area contributed by atoms with Crippen molar-refractivity contribution in [1.29, 1.82) is 0 Å². The zero-order valence-electron chi connectivity index (χ0n) is 7.07. The van der Waals surface area contributed by atoms with Gasteiger partial charge < -0.3 is 15.2 Å². The van der Waals surface area contributed by atoms with E-state index in [1.165, 1.54) is 0 Å². The van der Waals surface area contributed by atoms with Gasteiger partial charge in [-0.05, 0) is 12.3 Å². The molecule has 0 spiro atoms. The maximum Gasteiger partial charge on any atom is 0.0730 e. The molecular weight excluding hydrogens is 178 g/mol. The van der Waals surface area contributed by atoms with Crippen molar-refractivity contribution in [3.63, 3.8) is 0 Å². The van der Waals surface area contributed by atoms with Crippen molar-refractivity contribution in [3.8, 4) is 0 Å². The topological polar surface area (TPSA) is 44.5 Å².